The number of rotatable bonds is 3. The number of nitrogens with zero attached hydrogens (tertiary/aromatic N) is 1. The van der Waals surface area contributed by atoms with E-state index in [2.05, 4.69) is 0 Å². The summed E-state index contributed by atoms with van der Waals surface area (Å²) in [5.74, 6) is 0. The van der Waals surface area contributed by atoms with Crippen LogP contribution in [0, 0.1) is 0 Å². The Kier molecular flexibility index (Phi) is 5.28. The molecule has 0 heterocycles. The molecule has 0 N–H and O–H groups in total. The summed E-state index contributed by atoms with van der Waals surface area (Å²) in [7, 11) is 0. The zero-order valence-electron chi connectivity index (χ0n) is 9.83. The summed E-state index contributed by atoms with van der Waals surface area (Å²) in [6.45, 7) is 10.8. The van der Waals surface area contributed by atoms with Crippen LogP contribution in [0.5, 0.6) is 0 Å². The molecule has 14 heavy (non-hydrogen) atoms. The van der Waals surface area contributed by atoms with Crippen LogP contribution in [0.1, 0.15) is 34.6 Å². The van der Waals surface area contributed by atoms with Crippen LogP contribution >= 0.6 is 0 Å². The predicted molar refractivity (Wildman–Crippen MR) is 58.3 cm³/mol. The Labute approximate surface area is 86.7 Å². The van der Waals surface area contributed by atoms with E-state index < -0.39 is 5.60 Å². The highest BCUT2D eigenvalue weighted by molar-refractivity contribution is 5.68. The molecule has 0 aromatic rings. The Morgan fingerprint density at radius 2 is 2.00 bits per heavy atom. The van der Waals surface area contributed by atoms with Crippen molar-refractivity contribution < 1.29 is 9.53 Å². The van der Waals surface area contributed by atoms with Crippen molar-refractivity contribution in [1.29, 1.82) is 0 Å². The first-order chi connectivity index (χ1) is 6.40. The normalized spacial score (nSPS) is 11.8. The van der Waals surface area contributed by atoms with Gasteiger partial charge < -0.3 is 9.64 Å². The minimum atomic E-state index is -0.416. The van der Waals surface area contributed by atoms with Gasteiger partial charge >= 0.3 is 6.09 Å². The van der Waals surface area contributed by atoms with E-state index >= 15 is 0 Å². The minimum Gasteiger partial charge on any atom is -0.444 e. The maximum Gasteiger partial charge on any atom is 0.410 e. The van der Waals surface area contributed by atoms with Gasteiger partial charge in [-0.15, -0.1) is 0 Å². The number of hydrogen-bond donors (Lipinski definition) is 0. The summed E-state index contributed by atoms with van der Waals surface area (Å²) in [4.78, 5) is 13.2. The first kappa shape index (κ1) is 13.0. The molecule has 0 radical (unpaired) electrons. The van der Waals surface area contributed by atoms with Crippen molar-refractivity contribution in [1.82, 2.24) is 4.90 Å². The van der Waals surface area contributed by atoms with Crippen molar-refractivity contribution in [2.24, 2.45) is 0 Å². The quantitative estimate of drug-likeness (QED) is 0.654. The molecule has 0 fully saturated rings. The molecule has 0 aromatic heterocycles. The van der Waals surface area contributed by atoms with Gasteiger partial charge in [0, 0.05) is 13.1 Å². The van der Waals surface area contributed by atoms with Crippen LogP contribution in [0.4, 0.5) is 4.79 Å². The number of likely N-dealkylation sites (N-methyl/N-ethyl adjacent to an activating group) is 1. The van der Waals surface area contributed by atoms with Gasteiger partial charge in [0.1, 0.15) is 5.60 Å². The van der Waals surface area contributed by atoms with Gasteiger partial charge in [0.05, 0.1) is 0 Å². The van der Waals surface area contributed by atoms with E-state index in [1.807, 2.05) is 46.8 Å². The molecular formula is C11H21NO2. The molecule has 0 aliphatic rings. The number of hydrogen-bond acceptors (Lipinski definition) is 2. The fourth-order valence-corrected chi connectivity index (χ4v) is 0.892. The van der Waals surface area contributed by atoms with Crippen molar-refractivity contribution in [3.05, 3.63) is 12.2 Å². The molecule has 0 atom stereocenters. The smallest absolute Gasteiger partial charge is 0.410 e. The molecule has 0 bridgehead atoms. The maximum atomic E-state index is 11.6. The van der Waals surface area contributed by atoms with Gasteiger partial charge in [0.25, 0.3) is 0 Å². The number of allylic oxidation sites excluding steroid dienone is 1. The van der Waals surface area contributed by atoms with Crippen molar-refractivity contribution >= 4 is 6.09 Å². The maximum absolute atomic E-state index is 11.6. The van der Waals surface area contributed by atoms with E-state index in [-0.39, 0.29) is 6.09 Å². The first-order valence-electron chi connectivity index (χ1n) is 4.99. The summed E-state index contributed by atoms with van der Waals surface area (Å²) in [6.07, 6.45) is 3.61. The van der Waals surface area contributed by atoms with Gasteiger partial charge in [-0.1, -0.05) is 12.2 Å². The highest BCUT2D eigenvalue weighted by atomic mass is 16.6. The van der Waals surface area contributed by atoms with E-state index in [9.17, 15) is 4.79 Å². The van der Waals surface area contributed by atoms with E-state index in [0.29, 0.717) is 13.1 Å². The monoisotopic (exact) mass is 199 g/mol. The van der Waals surface area contributed by atoms with Crippen molar-refractivity contribution in [2.75, 3.05) is 13.1 Å². The van der Waals surface area contributed by atoms with Crippen LogP contribution in [0.2, 0.25) is 0 Å². The lowest BCUT2D eigenvalue weighted by atomic mass is 10.2. The highest BCUT2D eigenvalue weighted by Gasteiger charge is 2.19. The molecule has 3 heteroatoms. The van der Waals surface area contributed by atoms with Gasteiger partial charge in [-0.25, -0.2) is 4.79 Å². The second-order valence-electron chi connectivity index (χ2n) is 4.09. The third kappa shape index (κ3) is 5.62. The molecule has 0 aliphatic heterocycles. The van der Waals surface area contributed by atoms with Crippen LogP contribution in [-0.2, 0) is 4.74 Å². The molecule has 0 aromatic carbocycles. The molecule has 82 valence electrons. The second kappa shape index (κ2) is 5.68. The van der Waals surface area contributed by atoms with Crippen LogP contribution in [0.25, 0.3) is 0 Å². The Morgan fingerprint density at radius 3 is 2.36 bits per heavy atom. The third-order valence-electron chi connectivity index (χ3n) is 1.59. The van der Waals surface area contributed by atoms with E-state index in [4.69, 9.17) is 4.74 Å². The summed E-state index contributed by atoms with van der Waals surface area (Å²) in [5.41, 5.74) is -0.416. The average molecular weight is 199 g/mol. The SMILES string of the molecule is C/C=C\CN(CC)C(=O)OC(C)(C)C. The van der Waals surface area contributed by atoms with E-state index in [1.165, 1.54) is 0 Å². The van der Waals surface area contributed by atoms with E-state index in [1.54, 1.807) is 4.90 Å². The van der Waals surface area contributed by atoms with Gasteiger partial charge in [0.2, 0.25) is 0 Å². The summed E-state index contributed by atoms with van der Waals surface area (Å²) >= 11 is 0. The summed E-state index contributed by atoms with van der Waals surface area (Å²) in [6, 6.07) is 0. The summed E-state index contributed by atoms with van der Waals surface area (Å²) < 4.78 is 5.24. The zero-order chi connectivity index (χ0) is 11.2. The van der Waals surface area contributed by atoms with Crippen LogP contribution in [0.15, 0.2) is 12.2 Å². The fraction of sp³-hybridized carbons (Fsp3) is 0.727. The Hall–Kier alpha value is -0.990. The second-order valence-corrected chi connectivity index (χ2v) is 4.09. The van der Waals surface area contributed by atoms with Crippen molar-refractivity contribution in [2.45, 2.75) is 40.2 Å². The Bertz CT molecular complexity index is 204. The van der Waals surface area contributed by atoms with E-state index in [0.717, 1.165) is 0 Å². The molecule has 0 saturated carbocycles. The van der Waals surface area contributed by atoms with Crippen molar-refractivity contribution in [3.63, 3.8) is 0 Å². The lowest BCUT2D eigenvalue weighted by molar-refractivity contribution is 0.0281. The van der Waals surface area contributed by atoms with Crippen molar-refractivity contribution in [3.8, 4) is 0 Å². The van der Waals surface area contributed by atoms with Crippen LogP contribution in [0.3, 0.4) is 0 Å². The third-order valence-corrected chi connectivity index (χ3v) is 1.59. The molecular weight excluding hydrogens is 178 g/mol. The predicted octanol–water partition coefficient (Wildman–Crippen LogP) is 2.82. The first-order valence-corrected chi connectivity index (χ1v) is 4.99. The standard InChI is InChI=1S/C11H21NO2/c1-6-8-9-12(7-2)10(13)14-11(3,4)5/h6,8H,7,9H2,1-5H3/b8-6-. The molecule has 0 aliphatic carbocycles. The molecule has 3 nitrogen and oxygen atoms in total. The zero-order valence-corrected chi connectivity index (χ0v) is 9.83. The van der Waals surface area contributed by atoms with Gasteiger partial charge in [0.15, 0.2) is 0 Å². The van der Waals surface area contributed by atoms with Crippen LogP contribution in [-0.4, -0.2) is 29.7 Å². The minimum absolute atomic E-state index is 0.252. The lowest BCUT2D eigenvalue weighted by Crippen LogP contribution is -2.36. The number of carbonyl (C=O) groups excluding carboxylic acids is 1. The molecule has 0 rings (SSSR count). The van der Waals surface area contributed by atoms with Gasteiger partial charge in [-0.05, 0) is 34.6 Å². The average Bonchev–Trinajstić information content (AvgIpc) is 2.02. The Morgan fingerprint density at radius 1 is 1.43 bits per heavy atom. The number of carbonyl (C=O) groups is 1. The topological polar surface area (TPSA) is 29.5 Å². The fourth-order valence-electron chi connectivity index (χ4n) is 0.892. The molecule has 0 spiro atoms. The number of ether oxygens (including phenoxy) is 1. The Balaban J connectivity index is 4.18. The largest absolute Gasteiger partial charge is 0.444 e. The molecule has 1 amide bonds. The highest BCUT2D eigenvalue weighted by Crippen LogP contribution is 2.09. The summed E-state index contributed by atoms with van der Waals surface area (Å²) in [5, 5.41) is 0. The van der Waals surface area contributed by atoms with Gasteiger partial charge in [-0.2, -0.15) is 0 Å². The lowest BCUT2D eigenvalue weighted by Gasteiger charge is -2.25. The van der Waals surface area contributed by atoms with Gasteiger partial charge in [-0.3, -0.25) is 0 Å². The molecule has 0 saturated heterocycles. The molecule has 0 unspecified atom stereocenters. The van der Waals surface area contributed by atoms with Crippen LogP contribution < -0.4 is 0 Å². The number of amides is 1.